The Labute approximate surface area is 174 Å². The van der Waals surface area contributed by atoms with Crippen LogP contribution in [-0.4, -0.2) is 27.2 Å². The molecular weight excluding hydrogens is 384 g/mol. The van der Waals surface area contributed by atoms with Gasteiger partial charge in [-0.1, -0.05) is 31.2 Å². The lowest BCUT2D eigenvalue weighted by Gasteiger charge is -2.13. The van der Waals surface area contributed by atoms with Crippen LogP contribution in [0, 0.1) is 30.9 Å². The second-order valence-corrected chi connectivity index (χ2v) is 6.99. The van der Waals surface area contributed by atoms with Gasteiger partial charge in [-0.15, -0.1) is 0 Å². The Morgan fingerprint density at radius 3 is 2.57 bits per heavy atom. The number of carbonyl (C=O) groups is 1. The number of aromatic nitrogens is 2. The van der Waals surface area contributed by atoms with Crippen molar-refractivity contribution in [1.29, 1.82) is 0 Å². The number of benzene rings is 2. The van der Waals surface area contributed by atoms with Gasteiger partial charge >= 0.3 is 5.69 Å². The normalized spacial score (nSPS) is 10.7. The number of carbonyl (C=O) groups excluding carboxylic acids is 1. The highest BCUT2D eigenvalue weighted by molar-refractivity contribution is 5.94. The van der Waals surface area contributed by atoms with Crippen molar-refractivity contribution in [2.75, 3.05) is 6.54 Å². The van der Waals surface area contributed by atoms with Crippen LogP contribution in [-0.2, 0) is 0 Å². The van der Waals surface area contributed by atoms with Gasteiger partial charge in [-0.3, -0.25) is 14.9 Å². The predicted octanol–water partition coefficient (Wildman–Crippen LogP) is 4.64. The Bertz CT molecular complexity index is 1100. The summed E-state index contributed by atoms with van der Waals surface area (Å²) in [4.78, 5) is 23.6. The third-order valence-corrected chi connectivity index (χ3v) is 4.89. The summed E-state index contributed by atoms with van der Waals surface area (Å²) < 4.78 is 7.53. The summed E-state index contributed by atoms with van der Waals surface area (Å²) in [5, 5.41) is 18.8. The zero-order valence-corrected chi connectivity index (χ0v) is 17.4. The van der Waals surface area contributed by atoms with E-state index in [9.17, 15) is 14.9 Å². The average Bonchev–Trinajstić information content (AvgIpc) is 3.04. The van der Waals surface area contributed by atoms with Crippen molar-refractivity contribution in [2.45, 2.75) is 34.1 Å². The van der Waals surface area contributed by atoms with E-state index in [4.69, 9.17) is 4.74 Å². The lowest BCUT2D eigenvalue weighted by atomic mass is 10.1. The number of nitrogens with one attached hydrogen (secondary N) is 1. The standard InChI is InChI=1S/C22H24N4O4/c1-5-13-23-21(27)20-16(4)22(30-19-12-7-6-10-18(19)26(28)29)25(24-20)17-11-8-9-14(2)15(17)3/h6-12H,5,13H2,1-4H3,(H,23,27). The van der Waals surface area contributed by atoms with E-state index in [1.54, 1.807) is 19.1 Å². The van der Waals surface area contributed by atoms with E-state index in [1.165, 1.54) is 16.8 Å². The number of hydrogen-bond donors (Lipinski definition) is 1. The molecule has 156 valence electrons. The molecule has 0 saturated carbocycles. The van der Waals surface area contributed by atoms with Crippen LogP contribution in [0.1, 0.15) is 40.5 Å². The van der Waals surface area contributed by atoms with Crippen LogP contribution in [0.3, 0.4) is 0 Å². The van der Waals surface area contributed by atoms with Gasteiger partial charge in [-0.25, -0.2) is 0 Å². The van der Waals surface area contributed by atoms with Crippen molar-refractivity contribution >= 4 is 11.6 Å². The quantitative estimate of drug-likeness (QED) is 0.454. The zero-order chi connectivity index (χ0) is 21.8. The molecule has 0 aliphatic heterocycles. The van der Waals surface area contributed by atoms with Gasteiger partial charge in [0.2, 0.25) is 11.6 Å². The maximum Gasteiger partial charge on any atom is 0.311 e. The van der Waals surface area contributed by atoms with Crippen molar-refractivity contribution in [1.82, 2.24) is 15.1 Å². The van der Waals surface area contributed by atoms with Crippen LogP contribution in [0.25, 0.3) is 5.69 Å². The maximum absolute atomic E-state index is 12.7. The molecule has 1 heterocycles. The van der Waals surface area contributed by atoms with Crippen LogP contribution >= 0.6 is 0 Å². The molecule has 0 aliphatic rings. The summed E-state index contributed by atoms with van der Waals surface area (Å²) in [6.45, 7) is 8.14. The Kier molecular flexibility index (Phi) is 6.15. The van der Waals surface area contributed by atoms with Gasteiger partial charge in [0.15, 0.2) is 5.69 Å². The van der Waals surface area contributed by atoms with Gasteiger partial charge in [0, 0.05) is 18.2 Å². The number of amides is 1. The first kappa shape index (κ1) is 21.0. The minimum Gasteiger partial charge on any atom is -0.431 e. The summed E-state index contributed by atoms with van der Waals surface area (Å²) in [5.74, 6) is 0.0306. The fourth-order valence-corrected chi connectivity index (χ4v) is 3.07. The largest absolute Gasteiger partial charge is 0.431 e. The molecule has 0 saturated heterocycles. The maximum atomic E-state index is 12.7. The molecule has 0 radical (unpaired) electrons. The van der Waals surface area contributed by atoms with Crippen molar-refractivity contribution < 1.29 is 14.5 Å². The monoisotopic (exact) mass is 408 g/mol. The zero-order valence-electron chi connectivity index (χ0n) is 17.4. The first-order chi connectivity index (χ1) is 14.3. The first-order valence-corrected chi connectivity index (χ1v) is 9.70. The van der Waals surface area contributed by atoms with Gasteiger partial charge in [0.05, 0.1) is 10.6 Å². The summed E-state index contributed by atoms with van der Waals surface area (Å²) in [6.07, 6.45) is 0.794. The second-order valence-electron chi connectivity index (χ2n) is 6.99. The third kappa shape index (κ3) is 4.03. The predicted molar refractivity (Wildman–Crippen MR) is 114 cm³/mol. The SMILES string of the molecule is CCCNC(=O)c1nn(-c2cccc(C)c2C)c(Oc2ccccc2[N+](=O)[O-])c1C. The second kappa shape index (κ2) is 8.77. The smallest absolute Gasteiger partial charge is 0.311 e. The number of para-hydroxylation sites is 2. The number of rotatable bonds is 7. The fourth-order valence-electron chi connectivity index (χ4n) is 3.07. The molecule has 0 bridgehead atoms. The van der Waals surface area contributed by atoms with Crippen LogP contribution in [0.15, 0.2) is 42.5 Å². The van der Waals surface area contributed by atoms with Crippen molar-refractivity contribution in [3.8, 4) is 17.3 Å². The fraction of sp³-hybridized carbons (Fsp3) is 0.273. The van der Waals surface area contributed by atoms with E-state index in [2.05, 4.69) is 10.4 Å². The van der Waals surface area contributed by atoms with Gasteiger partial charge in [0.1, 0.15) is 0 Å². The molecule has 8 nitrogen and oxygen atoms in total. The summed E-state index contributed by atoms with van der Waals surface area (Å²) >= 11 is 0. The highest BCUT2D eigenvalue weighted by Gasteiger charge is 2.25. The molecule has 1 amide bonds. The molecule has 3 rings (SSSR count). The number of ether oxygens (including phenoxy) is 1. The summed E-state index contributed by atoms with van der Waals surface area (Å²) in [6, 6.07) is 11.9. The molecule has 1 aromatic heterocycles. The summed E-state index contributed by atoms with van der Waals surface area (Å²) in [7, 11) is 0. The van der Waals surface area contributed by atoms with E-state index in [0.29, 0.717) is 12.1 Å². The van der Waals surface area contributed by atoms with Crippen molar-refractivity contribution in [3.05, 3.63) is 75.0 Å². The molecule has 1 N–H and O–H groups in total. The Morgan fingerprint density at radius 1 is 1.13 bits per heavy atom. The molecule has 0 unspecified atom stereocenters. The molecular formula is C22H24N4O4. The van der Waals surface area contributed by atoms with Gasteiger partial charge in [0.25, 0.3) is 5.91 Å². The van der Waals surface area contributed by atoms with Crippen LogP contribution in [0.2, 0.25) is 0 Å². The molecule has 3 aromatic rings. The highest BCUT2D eigenvalue weighted by Crippen LogP contribution is 2.35. The minimum atomic E-state index is -0.502. The van der Waals surface area contributed by atoms with E-state index in [1.807, 2.05) is 39.0 Å². The minimum absolute atomic E-state index is 0.0811. The van der Waals surface area contributed by atoms with Crippen molar-refractivity contribution in [3.63, 3.8) is 0 Å². The topological polar surface area (TPSA) is 99.3 Å². The molecule has 0 spiro atoms. The van der Waals surface area contributed by atoms with Crippen molar-refractivity contribution in [2.24, 2.45) is 0 Å². The highest BCUT2D eigenvalue weighted by atomic mass is 16.6. The van der Waals surface area contributed by atoms with Gasteiger partial charge in [-0.2, -0.15) is 9.78 Å². The van der Waals surface area contributed by atoms with Gasteiger partial charge < -0.3 is 10.1 Å². The van der Waals surface area contributed by atoms with E-state index in [-0.39, 0.29) is 28.9 Å². The third-order valence-electron chi connectivity index (χ3n) is 4.89. The molecule has 2 aromatic carbocycles. The van der Waals surface area contributed by atoms with Crippen LogP contribution in [0.4, 0.5) is 5.69 Å². The Morgan fingerprint density at radius 2 is 1.87 bits per heavy atom. The number of aryl methyl sites for hydroxylation is 1. The van der Waals surface area contributed by atoms with E-state index in [0.717, 1.165) is 23.2 Å². The van der Waals surface area contributed by atoms with Crippen LogP contribution in [0.5, 0.6) is 11.6 Å². The molecule has 0 atom stereocenters. The first-order valence-electron chi connectivity index (χ1n) is 9.70. The summed E-state index contributed by atoms with van der Waals surface area (Å²) in [5.41, 5.74) is 3.31. The van der Waals surface area contributed by atoms with E-state index < -0.39 is 4.92 Å². The average molecular weight is 408 g/mol. The molecule has 30 heavy (non-hydrogen) atoms. The Hall–Kier alpha value is -3.68. The van der Waals surface area contributed by atoms with E-state index >= 15 is 0 Å². The number of nitro groups is 1. The number of nitro benzene ring substituents is 1. The molecule has 0 aliphatic carbocycles. The lowest BCUT2D eigenvalue weighted by Crippen LogP contribution is -2.25. The number of hydrogen-bond acceptors (Lipinski definition) is 5. The molecule has 0 fully saturated rings. The van der Waals surface area contributed by atoms with Crippen LogP contribution < -0.4 is 10.1 Å². The molecule has 8 heteroatoms. The lowest BCUT2D eigenvalue weighted by molar-refractivity contribution is -0.385. The Balaban J connectivity index is 2.17. The van der Waals surface area contributed by atoms with Gasteiger partial charge in [-0.05, 0) is 50.5 Å². The number of nitrogens with zero attached hydrogens (tertiary/aromatic N) is 3.